The number of hydrogen-bond acceptors (Lipinski definition) is 4. The van der Waals surface area contributed by atoms with Crippen LogP contribution in [0.4, 0.5) is 0 Å². The molecule has 0 aromatic heterocycles. The lowest BCUT2D eigenvalue weighted by Crippen LogP contribution is -2.32. The Balaban J connectivity index is 0.00000242. The van der Waals surface area contributed by atoms with E-state index in [1.807, 2.05) is 31.3 Å². The first-order chi connectivity index (χ1) is 10.2. The largest absolute Gasteiger partial charge is 0.497 e. The van der Waals surface area contributed by atoms with E-state index in [0.29, 0.717) is 25.5 Å². The number of amides is 1. The summed E-state index contributed by atoms with van der Waals surface area (Å²) in [6.07, 6.45) is 1.73. The number of benzene rings is 1. The van der Waals surface area contributed by atoms with Crippen molar-refractivity contribution >= 4 is 18.3 Å². The van der Waals surface area contributed by atoms with Gasteiger partial charge < -0.3 is 19.7 Å². The van der Waals surface area contributed by atoms with E-state index >= 15 is 0 Å². The van der Waals surface area contributed by atoms with Crippen molar-refractivity contribution in [2.45, 2.75) is 12.8 Å². The van der Waals surface area contributed by atoms with Crippen LogP contribution in [0.5, 0.6) is 11.5 Å². The number of hydrogen-bond donors (Lipinski definition) is 1. The van der Waals surface area contributed by atoms with E-state index in [2.05, 4.69) is 5.32 Å². The highest BCUT2D eigenvalue weighted by Crippen LogP contribution is 2.17. The number of methoxy groups -OCH3 is 1. The van der Waals surface area contributed by atoms with Crippen LogP contribution >= 0.6 is 12.4 Å². The molecule has 1 fully saturated rings. The molecule has 1 aliphatic heterocycles. The number of ether oxygens (including phenoxy) is 2. The van der Waals surface area contributed by atoms with E-state index in [1.165, 1.54) is 0 Å². The van der Waals surface area contributed by atoms with Gasteiger partial charge >= 0.3 is 0 Å². The van der Waals surface area contributed by atoms with Crippen LogP contribution in [0.1, 0.15) is 12.8 Å². The summed E-state index contributed by atoms with van der Waals surface area (Å²) < 4.78 is 10.7. The second-order valence-electron chi connectivity index (χ2n) is 5.40. The van der Waals surface area contributed by atoms with Gasteiger partial charge in [-0.25, -0.2) is 0 Å². The summed E-state index contributed by atoms with van der Waals surface area (Å²) in [6.45, 7) is 3.09. The first-order valence-corrected chi connectivity index (χ1v) is 7.40. The average Bonchev–Trinajstić information content (AvgIpc) is 3.00. The zero-order chi connectivity index (χ0) is 15.1. The number of nitrogens with one attached hydrogen (secondary N) is 1. The van der Waals surface area contributed by atoms with E-state index < -0.39 is 0 Å². The SMILES string of the molecule is COc1ccc(OCCN(C)C(=O)CC2CCNC2)cc1.Cl. The fourth-order valence-electron chi connectivity index (χ4n) is 2.39. The number of carbonyl (C=O) groups is 1. The minimum atomic E-state index is 0. The van der Waals surface area contributed by atoms with Gasteiger partial charge in [-0.3, -0.25) is 4.79 Å². The molecule has 0 spiro atoms. The quantitative estimate of drug-likeness (QED) is 0.831. The number of rotatable bonds is 7. The van der Waals surface area contributed by atoms with Gasteiger partial charge in [0, 0.05) is 13.5 Å². The van der Waals surface area contributed by atoms with Crippen molar-refractivity contribution in [2.75, 3.05) is 40.4 Å². The van der Waals surface area contributed by atoms with Gasteiger partial charge in [0.2, 0.25) is 5.91 Å². The van der Waals surface area contributed by atoms with E-state index in [1.54, 1.807) is 12.0 Å². The molecule has 1 aromatic carbocycles. The smallest absolute Gasteiger partial charge is 0.222 e. The first-order valence-electron chi connectivity index (χ1n) is 7.40. The van der Waals surface area contributed by atoms with Crippen molar-refractivity contribution in [1.29, 1.82) is 0 Å². The van der Waals surface area contributed by atoms with Gasteiger partial charge in [0.25, 0.3) is 0 Å². The van der Waals surface area contributed by atoms with E-state index in [4.69, 9.17) is 9.47 Å². The lowest BCUT2D eigenvalue weighted by atomic mass is 10.0. The standard InChI is InChI=1S/C16H24N2O3.ClH/c1-18(16(19)11-13-7-8-17-12-13)9-10-21-15-5-3-14(20-2)4-6-15;/h3-6,13,17H,7-12H2,1-2H3;1H. The number of halogens is 1. The number of nitrogens with zero attached hydrogens (tertiary/aromatic N) is 1. The van der Waals surface area contributed by atoms with Crippen molar-refractivity contribution in [3.8, 4) is 11.5 Å². The van der Waals surface area contributed by atoms with E-state index in [0.717, 1.165) is 31.0 Å². The lowest BCUT2D eigenvalue weighted by molar-refractivity contribution is -0.131. The van der Waals surface area contributed by atoms with Crippen LogP contribution in [0.3, 0.4) is 0 Å². The van der Waals surface area contributed by atoms with Crippen LogP contribution in [-0.4, -0.2) is 51.2 Å². The summed E-state index contributed by atoms with van der Waals surface area (Å²) in [5.74, 6) is 2.28. The summed E-state index contributed by atoms with van der Waals surface area (Å²) in [5, 5.41) is 3.28. The highest BCUT2D eigenvalue weighted by atomic mass is 35.5. The predicted molar refractivity (Wildman–Crippen MR) is 89.0 cm³/mol. The minimum Gasteiger partial charge on any atom is -0.497 e. The fraction of sp³-hybridized carbons (Fsp3) is 0.562. The summed E-state index contributed by atoms with van der Waals surface area (Å²) >= 11 is 0. The summed E-state index contributed by atoms with van der Waals surface area (Å²) in [5.41, 5.74) is 0. The van der Waals surface area contributed by atoms with Crippen LogP contribution in [0.2, 0.25) is 0 Å². The zero-order valence-corrected chi connectivity index (χ0v) is 14.0. The first kappa shape index (κ1) is 18.6. The Hall–Kier alpha value is -1.46. The monoisotopic (exact) mass is 328 g/mol. The highest BCUT2D eigenvalue weighted by molar-refractivity contribution is 5.85. The molecule has 1 saturated heterocycles. The molecule has 1 amide bonds. The van der Waals surface area contributed by atoms with Crippen molar-refractivity contribution in [3.05, 3.63) is 24.3 Å². The van der Waals surface area contributed by atoms with Gasteiger partial charge in [-0.05, 0) is 49.7 Å². The molecule has 0 radical (unpaired) electrons. The molecule has 6 heteroatoms. The molecule has 1 unspecified atom stereocenters. The molecule has 1 atom stereocenters. The Morgan fingerprint density at radius 2 is 2.00 bits per heavy atom. The third-order valence-corrected chi connectivity index (χ3v) is 3.81. The van der Waals surface area contributed by atoms with Crippen molar-refractivity contribution in [1.82, 2.24) is 10.2 Å². The van der Waals surface area contributed by atoms with Crippen molar-refractivity contribution < 1.29 is 14.3 Å². The Kier molecular flexibility index (Phi) is 8.06. The highest BCUT2D eigenvalue weighted by Gasteiger charge is 2.19. The van der Waals surface area contributed by atoms with Crippen LogP contribution in [0.25, 0.3) is 0 Å². The third-order valence-electron chi connectivity index (χ3n) is 3.81. The van der Waals surface area contributed by atoms with Gasteiger partial charge in [-0.15, -0.1) is 12.4 Å². The van der Waals surface area contributed by atoms with E-state index in [9.17, 15) is 4.79 Å². The normalized spacial score (nSPS) is 16.7. The predicted octanol–water partition coefficient (Wildman–Crippen LogP) is 1.95. The number of carbonyl (C=O) groups excluding carboxylic acids is 1. The van der Waals surface area contributed by atoms with Crippen molar-refractivity contribution in [2.24, 2.45) is 5.92 Å². The topological polar surface area (TPSA) is 50.8 Å². The van der Waals surface area contributed by atoms with E-state index in [-0.39, 0.29) is 18.3 Å². The van der Waals surface area contributed by atoms with Gasteiger partial charge in [0.05, 0.1) is 13.7 Å². The fourth-order valence-corrected chi connectivity index (χ4v) is 2.39. The van der Waals surface area contributed by atoms with Crippen molar-refractivity contribution in [3.63, 3.8) is 0 Å². The maximum atomic E-state index is 12.1. The average molecular weight is 329 g/mol. The number of likely N-dealkylation sites (N-methyl/N-ethyl adjacent to an activating group) is 1. The summed E-state index contributed by atoms with van der Waals surface area (Å²) in [6, 6.07) is 7.45. The van der Waals surface area contributed by atoms with Gasteiger partial charge in [-0.1, -0.05) is 0 Å². The molecule has 2 rings (SSSR count). The summed E-state index contributed by atoms with van der Waals surface area (Å²) in [4.78, 5) is 13.8. The molecule has 1 N–H and O–H groups in total. The molecule has 1 aromatic rings. The maximum absolute atomic E-state index is 12.1. The third kappa shape index (κ3) is 5.73. The molecule has 22 heavy (non-hydrogen) atoms. The molecule has 5 nitrogen and oxygen atoms in total. The molecule has 1 aliphatic rings. The second-order valence-corrected chi connectivity index (χ2v) is 5.40. The Morgan fingerprint density at radius 1 is 1.32 bits per heavy atom. The zero-order valence-electron chi connectivity index (χ0n) is 13.2. The van der Waals surface area contributed by atoms with Crippen LogP contribution in [0, 0.1) is 5.92 Å². The Morgan fingerprint density at radius 3 is 2.59 bits per heavy atom. The lowest BCUT2D eigenvalue weighted by Gasteiger charge is -2.19. The van der Waals surface area contributed by atoms with Crippen LogP contribution < -0.4 is 14.8 Å². The molecule has 0 aliphatic carbocycles. The molecule has 0 bridgehead atoms. The van der Waals surface area contributed by atoms with Crippen LogP contribution in [-0.2, 0) is 4.79 Å². The molecular weight excluding hydrogens is 304 g/mol. The second kappa shape index (κ2) is 9.54. The molecular formula is C16H25ClN2O3. The van der Waals surface area contributed by atoms with Gasteiger partial charge in [-0.2, -0.15) is 0 Å². The molecule has 0 saturated carbocycles. The van der Waals surface area contributed by atoms with Gasteiger partial charge in [0.15, 0.2) is 0 Å². The van der Waals surface area contributed by atoms with Gasteiger partial charge in [0.1, 0.15) is 18.1 Å². The van der Waals surface area contributed by atoms with Crippen LogP contribution in [0.15, 0.2) is 24.3 Å². The Labute approximate surface area is 138 Å². The molecule has 1 heterocycles. The minimum absolute atomic E-state index is 0. The summed E-state index contributed by atoms with van der Waals surface area (Å²) in [7, 11) is 3.47. The maximum Gasteiger partial charge on any atom is 0.222 e. The molecule has 124 valence electrons. The Bertz CT molecular complexity index is 447.